The Bertz CT molecular complexity index is 853. The van der Waals surface area contributed by atoms with Gasteiger partial charge in [0.2, 0.25) is 0 Å². The Kier molecular flexibility index (Phi) is 3.92. The van der Waals surface area contributed by atoms with Gasteiger partial charge in [0.25, 0.3) is 0 Å². The van der Waals surface area contributed by atoms with E-state index in [2.05, 4.69) is 4.98 Å². The second-order valence-corrected chi connectivity index (χ2v) is 5.67. The van der Waals surface area contributed by atoms with Crippen LogP contribution in [-0.4, -0.2) is 10.8 Å². The van der Waals surface area contributed by atoms with Crippen LogP contribution in [0.4, 0.5) is 0 Å². The summed E-state index contributed by atoms with van der Waals surface area (Å²) in [6.07, 6.45) is 3.42. The monoisotopic (exact) mass is 310 g/mol. The molecule has 0 fully saturated rings. The average molecular weight is 311 g/mol. The van der Waals surface area contributed by atoms with Gasteiger partial charge in [-0.05, 0) is 36.1 Å². The van der Waals surface area contributed by atoms with Gasteiger partial charge in [-0.3, -0.25) is 9.78 Å². The van der Waals surface area contributed by atoms with Crippen molar-refractivity contribution in [3.05, 3.63) is 76.6 Å². The first kappa shape index (κ1) is 14.7. The number of benzene rings is 2. The van der Waals surface area contributed by atoms with Crippen LogP contribution in [0.3, 0.4) is 0 Å². The second-order valence-electron chi connectivity index (χ2n) is 5.26. The van der Waals surface area contributed by atoms with Gasteiger partial charge in [-0.1, -0.05) is 35.9 Å². The lowest BCUT2D eigenvalue weighted by atomic mass is 9.97. The molecule has 3 rings (SSSR count). The molecule has 2 aromatic carbocycles. The molecule has 110 valence electrons. The van der Waals surface area contributed by atoms with Crippen molar-refractivity contribution < 1.29 is 4.79 Å². The summed E-state index contributed by atoms with van der Waals surface area (Å²) in [5.41, 5.74) is 7.85. The predicted molar refractivity (Wildman–Crippen MR) is 89.2 cm³/mol. The minimum absolute atomic E-state index is 0.0991. The van der Waals surface area contributed by atoms with Crippen LogP contribution < -0.4 is 5.73 Å². The van der Waals surface area contributed by atoms with E-state index < -0.39 is 0 Å². The summed E-state index contributed by atoms with van der Waals surface area (Å²) in [7, 11) is 0. The van der Waals surface area contributed by atoms with Crippen LogP contribution >= 0.6 is 11.6 Å². The number of halogens is 1. The molecule has 0 unspecified atom stereocenters. The third-order valence-electron chi connectivity index (χ3n) is 3.69. The van der Waals surface area contributed by atoms with Crippen LogP contribution in [0, 0.1) is 0 Å². The van der Waals surface area contributed by atoms with Gasteiger partial charge < -0.3 is 5.73 Å². The van der Waals surface area contributed by atoms with Gasteiger partial charge in [0, 0.05) is 34.9 Å². The molecule has 0 saturated heterocycles. The van der Waals surface area contributed by atoms with E-state index in [1.165, 1.54) is 0 Å². The minimum Gasteiger partial charge on any atom is -0.324 e. The van der Waals surface area contributed by atoms with Crippen LogP contribution in [0.25, 0.3) is 10.8 Å². The lowest BCUT2D eigenvalue weighted by molar-refractivity contribution is 0.104. The highest BCUT2D eigenvalue weighted by molar-refractivity contribution is 6.35. The SMILES string of the molecule is C[C@H](N)c1ccc(C(=O)c2cccc3cnccc23)c(Cl)c1. The van der Waals surface area contributed by atoms with Crippen molar-refractivity contribution in [2.45, 2.75) is 13.0 Å². The summed E-state index contributed by atoms with van der Waals surface area (Å²) in [4.78, 5) is 16.9. The minimum atomic E-state index is -0.120. The molecule has 0 spiro atoms. The average Bonchev–Trinajstić information content (AvgIpc) is 2.53. The summed E-state index contributed by atoms with van der Waals surface area (Å²) in [5, 5.41) is 2.22. The van der Waals surface area contributed by atoms with Gasteiger partial charge >= 0.3 is 0 Å². The van der Waals surface area contributed by atoms with E-state index >= 15 is 0 Å². The number of hydrogen-bond acceptors (Lipinski definition) is 3. The normalized spacial score (nSPS) is 12.3. The fourth-order valence-corrected chi connectivity index (χ4v) is 2.74. The smallest absolute Gasteiger partial charge is 0.195 e. The van der Waals surface area contributed by atoms with Crippen LogP contribution in [0.5, 0.6) is 0 Å². The highest BCUT2D eigenvalue weighted by Gasteiger charge is 2.16. The zero-order valence-corrected chi connectivity index (χ0v) is 12.8. The van der Waals surface area contributed by atoms with E-state index in [-0.39, 0.29) is 11.8 Å². The Balaban J connectivity index is 2.10. The van der Waals surface area contributed by atoms with Crippen molar-refractivity contribution in [3.8, 4) is 0 Å². The van der Waals surface area contributed by atoms with Crippen molar-refractivity contribution in [2.24, 2.45) is 5.73 Å². The Hall–Kier alpha value is -2.23. The molecular formula is C18H15ClN2O. The number of pyridine rings is 1. The number of fused-ring (bicyclic) bond motifs is 1. The fourth-order valence-electron chi connectivity index (χ4n) is 2.46. The molecule has 3 nitrogen and oxygen atoms in total. The quantitative estimate of drug-likeness (QED) is 0.740. The van der Waals surface area contributed by atoms with Crippen molar-refractivity contribution in [3.63, 3.8) is 0 Å². The van der Waals surface area contributed by atoms with E-state index in [4.69, 9.17) is 17.3 Å². The zero-order chi connectivity index (χ0) is 15.7. The standard InChI is InChI=1S/C18H15ClN2O/c1-11(20)12-5-6-16(17(19)9-12)18(22)15-4-2-3-13-10-21-8-7-14(13)15/h2-11H,20H2,1H3/t11-/m0/s1. The molecule has 22 heavy (non-hydrogen) atoms. The summed E-state index contributed by atoms with van der Waals surface area (Å²) in [6, 6.07) is 12.6. The third-order valence-corrected chi connectivity index (χ3v) is 4.00. The molecule has 1 atom stereocenters. The molecule has 4 heteroatoms. The summed E-state index contributed by atoms with van der Waals surface area (Å²) in [5.74, 6) is -0.0991. The molecule has 0 amide bonds. The largest absolute Gasteiger partial charge is 0.324 e. The molecule has 0 radical (unpaired) electrons. The fraction of sp³-hybridized carbons (Fsp3) is 0.111. The highest BCUT2D eigenvalue weighted by atomic mass is 35.5. The molecular weight excluding hydrogens is 296 g/mol. The van der Waals surface area contributed by atoms with Crippen molar-refractivity contribution in [2.75, 3.05) is 0 Å². The molecule has 1 heterocycles. The first-order valence-corrected chi connectivity index (χ1v) is 7.38. The van der Waals surface area contributed by atoms with Gasteiger partial charge in [0.05, 0.1) is 5.02 Å². The van der Waals surface area contributed by atoms with E-state index in [0.29, 0.717) is 16.1 Å². The van der Waals surface area contributed by atoms with Crippen molar-refractivity contribution in [1.82, 2.24) is 4.98 Å². The zero-order valence-electron chi connectivity index (χ0n) is 12.1. The third kappa shape index (κ3) is 2.61. The summed E-state index contributed by atoms with van der Waals surface area (Å²) >= 11 is 6.28. The topological polar surface area (TPSA) is 56.0 Å². The first-order valence-electron chi connectivity index (χ1n) is 7.00. The Morgan fingerprint density at radius 2 is 2.00 bits per heavy atom. The van der Waals surface area contributed by atoms with Gasteiger partial charge in [-0.15, -0.1) is 0 Å². The molecule has 0 aliphatic carbocycles. The molecule has 0 aliphatic heterocycles. The van der Waals surface area contributed by atoms with Crippen molar-refractivity contribution >= 4 is 28.2 Å². The number of aromatic nitrogens is 1. The first-order chi connectivity index (χ1) is 10.6. The maximum absolute atomic E-state index is 12.8. The van der Waals surface area contributed by atoms with Crippen LogP contribution in [-0.2, 0) is 0 Å². The number of hydrogen-bond donors (Lipinski definition) is 1. The van der Waals surface area contributed by atoms with Gasteiger partial charge in [-0.2, -0.15) is 0 Å². The number of carbonyl (C=O) groups excluding carboxylic acids is 1. The molecule has 3 aromatic rings. The van der Waals surface area contributed by atoms with E-state index in [0.717, 1.165) is 16.3 Å². The second kappa shape index (κ2) is 5.87. The number of nitrogens with zero attached hydrogens (tertiary/aromatic N) is 1. The Labute approximate surface area is 133 Å². The number of carbonyl (C=O) groups is 1. The number of ketones is 1. The number of nitrogens with two attached hydrogens (primary N) is 1. The van der Waals surface area contributed by atoms with E-state index in [1.807, 2.05) is 31.2 Å². The lowest BCUT2D eigenvalue weighted by Gasteiger charge is -2.10. The molecule has 0 aliphatic rings. The van der Waals surface area contributed by atoms with Crippen LogP contribution in [0.1, 0.15) is 34.5 Å². The number of rotatable bonds is 3. The molecule has 2 N–H and O–H groups in total. The summed E-state index contributed by atoms with van der Waals surface area (Å²) < 4.78 is 0. The van der Waals surface area contributed by atoms with Crippen LogP contribution in [0.15, 0.2) is 54.9 Å². The molecule has 0 saturated carbocycles. The molecule has 0 bridgehead atoms. The van der Waals surface area contributed by atoms with Gasteiger partial charge in [0.1, 0.15) is 0 Å². The lowest BCUT2D eigenvalue weighted by Crippen LogP contribution is -2.07. The Morgan fingerprint density at radius 1 is 1.18 bits per heavy atom. The maximum atomic E-state index is 12.8. The van der Waals surface area contributed by atoms with Gasteiger partial charge in [0.15, 0.2) is 5.78 Å². The van der Waals surface area contributed by atoms with Crippen molar-refractivity contribution in [1.29, 1.82) is 0 Å². The Morgan fingerprint density at radius 3 is 2.73 bits per heavy atom. The van der Waals surface area contributed by atoms with Gasteiger partial charge in [-0.25, -0.2) is 0 Å². The highest BCUT2D eigenvalue weighted by Crippen LogP contribution is 2.26. The maximum Gasteiger partial charge on any atom is 0.195 e. The predicted octanol–water partition coefficient (Wildman–Crippen LogP) is 4.14. The van der Waals surface area contributed by atoms with Crippen LogP contribution in [0.2, 0.25) is 5.02 Å². The molecule has 1 aromatic heterocycles. The van der Waals surface area contributed by atoms with E-state index in [1.54, 1.807) is 30.6 Å². The van der Waals surface area contributed by atoms with E-state index in [9.17, 15) is 4.79 Å². The summed E-state index contributed by atoms with van der Waals surface area (Å²) in [6.45, 7) is 1.88.